The first-order valence-electron chi connectivity index (χ1n) is 8.80. The molecule has 1 fully saturated rings. The summed E-state index contributed by atoms with van der Waals surface area (Å²) in [5, 5.41) is 11.3. The number of hydrogen-bond donors (Lipinski definition) is 2. The van der Waals surface area contributed by atoms with E-state index in [9.17, 15) is 4.79 Å². The van der Waals surface area contributed by atoms with E-state index in [1.54, 1.807) is 7.05 Å². The summed E-state index contributed by atoms with van der Waals surface area (Å²) in [6.45, 7) is 0.235. The van der Waals surface area contributed by atoms with Gasteiger partial charge in [0, 0.05) is 16.8 Å². The first-order chi connectivity index (χ1) is 13.6. The number of hydrogen-bond acceptors (Lipinski definition) is 5. The molecule has 6 nitrogen and oxygen atoms in total. The molecular weight excluding hydrogens is 374 g/mol. The van der Waals surface area contributed by atoms with Crippen molar-refractivity contribution in [1.82, 2.24) is 10.2 Å². The van der Waals surface area contributed by atoms with E-state index in [1.807, 2.05) is 60.7 Å². The fraction of sp³-hybridized carbons (Fsp3) is 0.143. The number of likely N-dealkylation sites (N-methyl/N-ethyl adjacent to an activating group) is 1. The zero-order valence-corrected chi connectivity index (χ0v) is 15.9. The van der Waals surface area contributed by atoms with Crippen molar-refractivity contribution in [1.29, 1.82) is 5.41 Å². The van der Waals surface area contributed by atoms with Gasteiger partial charge in [0.15, 0.2) is 23.0 Å². The van der Waals surface area contributed by atoms with E-state index in [0.29, 0.717) is 0 Å². The number of ether oxygens (including phenoxy) is 2. The zero-order valence-electron chi connectivity index (χ0n) is 15.1. The molecule has 0 saturated carbocycles. The molecule has 1 unspecified atom stereocenters. The molecule has 0 spiro atoms. The number of rotatable bonds is 3. The lowest BCUT2D eigenvalue weighted by atomic mass is 9.88. The highest BCUT2D eigenvalue weighted by molar-refractivity contribution is 7.15. The van der Waals surface area contributed by atoms with Gasteiger partial charge in [-0.15, -0.1) is 11.3 Å². The van der Waals surface area contributed by atoms with Crippen LogP contribution in [0.5, 0.6) is 11.5 Å². The predicted molar refractivity (Wildman–Crippen MR) is 107 cm³/mol. The molecule has 5 rings (SSSR count). The summed E-state index contributed by atoms with van der Waals surface area (Å²) in [7, 11) is 1.62. The zero-order chi connectivity index (χ0) is 19.3. The molecule has 2 aromatic carbocycles. The van der Waals surface area contributed by atoms with Crippen LogP contribution in [-0.4, -0.2) is 30.6 Å². The van der Waals surface area contributed by atoms with Crippen LogP contribution >= 0.6 is 11.3 Å². The molecule has 2 aliphatic heterocycles. The van der Waals surface area contributed by atoms with Gasteiger partial charge in [-0.1, -0.05) is 30.3 Å². The molecule has 3 heterocycles. The monoisotopic (exact) mass is 391 g/mol. The topological polar surface area (TPSA) is 74.7 Å². The van der Waals surface area contributed by atoms with Gasteiger partial charge in [-0.2, -0.15) is 0 Å². The Labute approximate surface area is 165 Å². The Balaban J connectivity index is 1.62. The van der Waals surface area contributed by atoms with Gasteiger partial charge in [0.1, 0.15) is 0 Å². The lowest BCUT2D eigenvalue weighted by Crippen LogP contribution is -2.44. The van der Waals surface area contributed by atoms with Gasteiger partial charge in [-0.25, -0.2) is 0 Å². The number of guanidine groups is 1. The van der Waals surface area contributed by atoms with Gasteiger partial charge in [0.25, 0.3) is 5.91 Å². The SMILES string of the molecule is CN1C(=N)NC(c2ccccc2)(c2ccc(-c3ccc4c(c3)OCO4)s2)C1=O. The Morgan fingerprint density at radius 1 is 1.07 bits per heavy atom. The summed E-state index contributed by atoms with van der Waals surface area (Å²) in [6, 6.07) is 19.3. The second-order valence-electron chi connectivity index (χ2n) is 6.69. The Kier molecular flexibility index (Phi) is 3.67. The smallest absolute Gasteiger partial charge is 0.265 e. The number of nitrogens with one attached hydrogen (secondary N) is 2. The maximum atomic E-state index is 13.2. The average Bonchev–Trinajstić information content (AvgIpc) is 3.44. The minimum atomic E-state index is -1.09. The van der Waals surface area contributed by atoms with Gasteiger partial charge in [0.2, 0.25) is 6.79 Å². The lowest BCUT2D eigenvalue weighted by molar-refractivity contribution is -0.129. The van der Waals surface area contributed by atoms with Crippen LogP contribution in [0.4, 0.5) is 0 Å². The highest BCUT2D eigenvalue weighted by Gasteiger charge is 2.51. The van der Waals surface area contributed by atoms with Crippen LogP contribution in [0.15, 0.2) is 60.7 Å². The fourth-order valence-corrected chi connectivity index (χ4v) is 4.77. The molecule has 3 aromatic rings. The number of nitrogens with zero attached hydrogens (tertiary/aromatic N) is 1. The van der Waals surface area contributed by atoms with Crippen molar-refractivity contribution >= 4 is 23.2 Å². The Morgan fingerprint density at radius 2 is 1.86 bits per heavy atom. The number of benzene rings is 2. The Hall–Kier alpha value is -3.32. The average molecular weight is 391 g/mol. The molecule has 0 radical (unpaired) electrons. The van der Waals surface area contributed by atoms with Crippen LogP contribution in [-0.2, 0) is 10.3 Å². The van der Waals surface area contributed by atoms with Gasteiger partial charge in [-0.05, 0) is 41.5 Å². The van der Waals surface area contributed by atoms with Crippen LogP contribution in [0, 0.1) is 5.41 Å². The number of fused-ring (bicyclic) bond motifs is 1. The Morgan fingerprint density at radius 3 is 2.61 bits per heavy atom. The molecular formula is C21H17N3O3S. The molecule has 2 N–H and O–H groups in total. The summed E-state index contributed by atoms with van der Waals surface area (Å²) in [5.41, 5.74) is 0.720. The predicted octanol–water partition coefficient (Wildman–Crippen LogP) is 3.38. The van der Waals surface area contributed by atoms with E-state index < -0.39 is 5.54 Å². The normalized spacial score (nSPS) is 20.5. The summed E-state index contributed by atoms with van der Waals surface area (Å²) in [5.74, 6) is 1.39. The van der Waals surface area contributed by atoms with Crippen LogP contribution in [0.2, 0.25) is 0 Å². The molecule has 2 aliphatic rings. The van der Waals surface area contributed by atoms with E-state index in [0.717, 1.165) is 32.4 Å². The second-order valence-corrected chi connectivity index (χ2v) is 7.77. The highest BCUT2D eigenvalue weighted by Crippen LogP contribution is 2.43. The summed E-state index contributed by atoms with van der Waals surface area (Å²) >= 11 is 1.53. The van der Waals surface area contributed by atoms with Crippen molar-refractivity contribution in [2.24, 2.45) is 0 Å². The Bertz CT molecular complexity index is 1100. The van der Waals surface area contributed by atoms with Crippen molar-refractivity contribution in [2.45, 2.75) is 5.54 Å². The molecule has 0 bridgehead atoms. The molecule has 1 atom stereocenters. The van der Waals surface area contributed by atoms with E-state index in [4.69, 9.17) is 14.9 Å². The first kappa shape index (κ1) is 16.8. The van der Waals surface area contributed by atoms with E-state index in [1.165, 1.54) is 16.2 Å². The maximum Gasteiger partial charge on any atom is 0.265 e. The van der Waals surface area contributed by atoms with E-state index >= 15 is 0 Å². The highest BCUT2D eigenvalue weighted by atomic mass is 32.1. The number of carbonyl (C=O) groups excluding carboxylic acids is 1. The molecule has 1 saturated heterocycles. The third-order valence-corrected chi connectivity index (χ3v) is 6.36. The maximum absolute atomic E-state index is 13.2. The number of thiophene rings is 1. The fourth-order valence-electron chi connectivity index (χ4n) is 3.61. The van der Waals surface area contributed by atoms with Gasteiger partial charge < -0.3 is 14.8 Å². The summed E-state index contributed by atoms with van der Waals surface area (Å²) < 4.78 is 10.9. The second kappa shape index (κ2) is 6.10. The minimum absolute atomic E-state index is 0.0897. The van der Waals surface area contributed by atoms with E-state index in [-0.39, 0.29) is 18.7 Å². The molecule has 7 heteroatoms. The van der Waals surface area contributed by atoms with Crippen molar-refractivity contribution in [2.75, 3.05) is 13.8 Å². The van der Waals surface area contributed by atoms with Crippen molar-refractivity contribution in [3.63, 3.8) is 0 Å². The molecule has 28 heavy (non-hydrogen) atoms. The van der Waals surface area contributed by atoms with Crippen molar-refractivity contribution < 1.29 is 14.3 Å². The summed E-state index contributed by atoms with van der Waals surface area (Å²) in [4.78, 5) is 16.4. The lowest BCUT2D eigenvalue weighted by Gasteiger charge is -2.26. The molecule has 0 aliphatic carbocycles. The van der Waals surface area contributed by atoms with Crippen molar-refractivity contribution in [3.8, 4) is 21.9 Å². The third-order valence-electron chi connectivity index (χ3n) is 5.11. The number of carbonyl (C=O) groups is 1. The first-order valence-corrected chi connectivity index (χ1v) is 9.62. The van der Waals surface area contributed by atoms with Crippen LogP contribution in [0.3, 0.4) is 0 Å². The summed E-state index contributed by atoms with van der Waals surface area (Å²) in [6.07, 6.45) is 0. The standard InChI is InChI=1S/C21H17N3O3S/c1-24-19(25)21(23-20(24)22,14-5-3-2-4-6-14)18-10-9-17(28-18)13-7-8-15-16(11-13)27-12-26-15/h2-11H,12H2,1H3,(H2,22,23). The molecule has 1 amide bonds. The van der Waals surface area contributed by atoms with E-state index in [2.05, 4.69) is 5.32 Å². The van der Waals surface area contributed by atoms with Crippen LogP contribution in [0.1, 0.15) is 10.4 Å². The molecule has 1 aromatic heterocycles. The van der Waals surface area contributed by atoms with Gasteiger partial charge in [0.05, 0.1) is 0 Å². The minimum Gasteiger partial charge on any atom is -0.454 e. The quantitative estimate of drug-likeness (QED) is 0.718. The van der Waals surface area contributed by atoms with Gasteiger partial charge in [-0.3, -0.25) is 15.1 Å². The van der Waals surface area contributed by atoms with Crippen molar-refractivity contribution in [3.05, 3.63) is 71.1 Å². The molecule has 140 valence electrons. The third kappa shape index (κ3) is 2.33. The largest absolute Gasteiger partial charge is 0.454 e. The number of amides is 1. The van der Waals surface area contributed by atoms with Gasteiger partial charge >= 0.3 is 0 Å². The van der Waals surface area contributed by atoms with Crippen LogP contribution in [0.25, 0.3) is 10.4 Å². The van der Waals surface area contributed by atoms with Crippen LogP contribution < -0.4 is 14.8 Å².